The van der Waals surface area contributed by atoms with Crippen molar-refractivity contribution in [1.29, 1.82) is 0 Å². The lowest BCUT2D eigenvalue weighted by Crippen LogP contribution is -2.26. The number of allylic oxidation sites excluding steroid dienone is 2. The van der Waals surface area contributed by atoms with Gasteiger partial charge < -0.3 is 0 Å². The molecule has 2 unspecified atom stereocenters. The highest BCUT2D eigenvalue weighted by Crippen LogP contribution is 2.47. The number of fused-ring (bicyclic) bond motifs is 3. The van der Waals surface area contributed by atoms with E-state index in [1.165, 1.54) is 6.42 Å². The molecule has 0 aromatic carbocycles. The monoisotopic (exact) mass is 164 g/mol. The van der Waals surface area contributed by atoms with E-state index >= 15 is 0 Å². The smallest absolute Gasteiger partial charge is 0.142 e. The zero-order valence-electron chi connectivity index (χ0n) is 7.89. The minimum Gasteiger partial charge on any atom is -0.299 e. The lowest BCUT2D eigenvalue weighted by atomic mass is 9.72. The Balaban J connectivity index is 2.40. The van der Waals surface area contributed by atoms with Crippen LogP contribution in [0.2, 0.25) is 0 Å². The topological polar surface area (TPSA) is 17.1 Å². The summed E-state index contributed by atoms with van der Waals surface area (Å²) in [5, 5.41) is 0. The van der Waals surface area contributed by atoms with Crippen molar-refractivity contribution >= 4 is 5.78 Å². The number of carbonyl (C=O) groups excluding carboxylic acids is 1. The molecule has 1 nitrogen and oxygen atoms in total. The second-order valence-electron chi connectivity index (χ2n) is 4.83. The second kappa shape index (κ2) is 2.21. The Kier molecular flexibility index (Phi) is 1.48. The van der Waals surface area contributed by atoms with Crippen LogP contribution in [-0.4, -0.2) is 5.78 Å². The zero-order valence-corrected chi connectivity index (χ0v) is 7.89. The average molecular weight is 164 g/mol. The van der Waals surface area contributed by atoms with Crippen molar-refractivity contribution in [3.05, 3.63) is 12.2 Å². The predicted octanol–water partition coefficient (Wildman–Crippen LogP) is 2.71. The fourth-order valence-corrected chi connectivity index (χ4v) is 2.22. The van der Waals surface area contributed by atoms with Crippen LogP contribution in [0.1, 0.15) is 39.5 Å². The molecule has 3 aliphatic rings. The van der Waals surface area contributed by atoms with Gasteiger partial charge in [0.2, 0.25) is 0 Å². The molecule has 3 aliphatic carbocycles. The number of rotatable bonds is 0. The van der Waals surface area contributed by atoms with Crippen LogP contribution in [0.5, 0.6) is 0 Å². The van der Waals surface area contributed by atoms with Gasteiger partial charge in [-0.15, -0.1) is 0 Å². The SMILES string of the molecule is CC12C=CC(C)(CC1)C(=O)CC2. The van der Waals surface area contributed by atoms with Gasteiger partial charge in [0.15, 0.2) is 0 Å². The third-order valence-corrected chi connectivity index (χ3v) is 3.63. The van der Waals surface area contributed by atoms with E-state index in [4.69, 9.17) is 0 Å². The molecule has 0 amide bonds. The van der Waals surface area contributed by atoms with Crippen LogP contribution >= 0.6 is 0 Å². The van der Waals surface area contributed by atoms with Crippen LogP contribution in [0.4, 0.5) is 0 Å². The molecule has 3 rings (SSSR count). The first-order valence-corrected chi connectivity index (χ1v) is 4.78. The van der Waals surface area contributed by atoms with Crippen molar-refractivity contribution in [2.75, 3.05) is 0 Å². The molecule has 2 bridgehead atoms. The minimum atomic E-state index is -0.115. The molecule has 66 valence electrons. The Bertz CT molecular complexity index is 254. The van der Waals surface area contributed by atoms with E-state index in [2.05, 4.69) is 26.0 Å². The summed E-state index contributed by atoms with van der Waals surface area (Å²) >= 11 is 0. The molecule has 0 N–H and O–H groups in total. The number of hydrogen-bond acceptors (Lipinski definition) is 1. The molecule has 12 heavy (non-hydrogen) atoms. The van der Waals surface area contributed by atoms with Crippen molar-refractivity contribution in [3.63, 3.8) is 0 Å². The molecule has 0 heterocycles. The Labute approximate surface area is 73.8 Å². The van der Waals surface area contributed by atoms with E-state index in [1.54, 1.807) is 0 Å². The number of carbonyl (C=O) groups is 1. The Hall–Kier alpha value is -0.590. The van der Waals surface area contributed by atoms with Crippen LogP contribution in [0, 0.1) is 10.8 Å². The highest BCUT2D eigenvalue weighted by Gasteiger charge is 2.41. The molecule has 0 spiro atoms. The molecule has 0 aliphatic heterocycles. The van der Waals surface area contributed by atoms with E-state index in [0.717, 1.165) is 19.3 Å². The molecule has 0 radical (unpaired) electrons. The molecule has 1 fully saturated rings. The van der Waals surface area contributed by atoms with Gasteiger partial charge in [-0.1, -0.05) is 19.1 Å². The maximum atomic E-state index is 11.7. The van der Waals surface area contributed by atoms with E-state index in [1.807, 2.05) is 0 Å². The number of ketones is 1. The van der Waals surface area contributed by atoms with Gasteiger partial charge in [-0.25, -0.2) is 0 Å². The van der Waals surface area contributed by atoms with E-state index in [-0.39, 0.29) is 5.41 Å². The third kappa shape index (κ3) is 1.03. The Morgan fingerprint density at radius 1 is 1.17 bits per heavy atom. The van der Waals surface area contributed by atoms with Crippen molar-refractivity contribution in [3.8, 4) is 0 Å². The molecule has 1 heteroatoms. The summed E-state index contributed by atoms with van der Waals surface area (Å²) in [5.74, 6) is 0.444. The summed E-state index contributed by atoms with van der Waals surface area (Å²) in [5.41, 5.74) is 0.210. The first-order chi connectivity index (χ1) is 5.54. The summed E-state index contributed by atoms with van der Waals surface area (Å²) in [6.45, 7) is 4.35. The molecule has 0 aromatic heterocycles. The molecule has 0 aromatic rings. The second-order valence-corrected chi connectivity index (χ2v) is 4.83. The highest BCUT2D eigenvalue weighted by atomic mass is 16.1. The Morgan fingerprint density at radius 2 is 1.92 bits per heavy atom. The first-order valence-electron chi connectivity index (χ1n) is 4.78. The lowest BCUT2D eigenvalue weighted by Gasteiger charge is -2.31. The molecular weight excluding hydrogens is 148 g/mol. The number of Topliss-reactive ketones (excluding diaryl/α,β-unsaturated/α-hetero) is 1. The number of hydrogen-bond donors (Lipinski definition) is 0. The first kappa shape index (κ1) is 8.03. The van der Waals surface area contributed by atoms with Crippen LogP contribution in [0.15, 0.2) is 12.2 Å². The van der Waals surface area contributed by atoms with Crippen LogP contribution in [0.3, 0.4) is 0 Å². The lowest BCUT2D eigenvalue weighted by molar-refractivity contribution is -0.125. The van der Waals surface area contributed by atoms with Gasteiger partial charge in [-0.3, -0.25) is 4.79 Å². The van der Waals surface area contributed by atoms with Crippen molar-refractivity contribution < 1.29 is 4.79 Å². The van der Waals surface area contributed by atoms with E-state index in [9.17, 15) is 4.79 Å². The highest BCUT2D eigenvalue weighted by molar-refractivity contribution is 5.87. The average Bonchev–Trinajstić information content (AvgIpc) is 2.22. The van der Waals surface area contributed by atoms with Crippen LogP contribution in [0.25, 0.3) is 0 Å². The van der Waals surface area contributed by atoms with Gasteiger partial charge in [0.25, 0.3) is 0 Å². The van der Waals surface area contributed by atoms with Gasteiger partial charge in [0.05, 0.1) is 0 Å². The molecule has 2 atom stereocenters. The predicted molar refractivity (Wildman–Crippen MR) is 48.8 cm³/mol. The molecule has 0 saturated heterocycles. The molecular formula is C11H16O. The fraction of sp³-hybridized carbons (Fsp3) is 0.727. The maximum absolute atomic E-state index is 11.7. The molecule has 1 saturated carbocycles. The summed E-state index contributed by atoms with van der Waals surface area (Å²) in [6, 6.07) is 0. The zero-order chi connectivity index (χ0) is 8.82. The van der Waals surface area contributed by atoms with Crippen molar-refractivity contribution in [1.82, 2.24) is 0 Å². The van der Waals surface area contributed by atoms with E-state index in [0.29, 0.717) is 11.2 Å². The normalized spacial score (nSPS) is 46.3. The van der Waals surface area contributed by atoms with Crippen LogP contribution < -0.4 is 0 Å². The maximum Gasteiger partial charge on any atom is 0.142 e. The third-order valence-electron chi connectivity index (χ3n) is 3.63. The Morgan fingerprint density at radius 3 is 2.50 bits per heavy atom. The van der Waals surface area contributed by atoms with Gasteiger partial charge in [-0.05, 0) is 31.6 Å². The summed E-state index contributed by atoms with van der Waals surface area (Å²) in [7, 11) is 0. The largest absolute Gasteiger partial charge is 0.299 e. The van der Waals surface area contributed by atoms with Gasteiger partial charge in [0, 0.05) is 11.8 Å². The van der Waals surface area contributed by atoms with Gasteiger partial charge in [-0.2, -0.15) is 0 Å². The minimum absolute atomic E-state index is 0.115. The van der Waals surface area contributed by atoms with Crippen molar-refractivity contribution in [2.45, 2.75) is 39.5 Å². The fourth-order valence-electron chi connectivity index (χ4n) is 2.22. The standard InChI is InChI=1S/C11H16O/c1-10-4-3-9(12)11(2,7-5-10)8-6-10/h5,7H,3-4,6,8H2,1-2H3. The van der Waals surface area contributed by atoms with Gasteiger partial charge >= 0.3 is 0 Å². The van der Waals surface area contributed by atoms with Gasteiger partial charge in [0.1, 0.15) is 5.78 Å². The summed E-state index contributed by atoms with van der Waals surface area (Å²) in [6.07, 6.45) is 8.48. The quantitative estimate of drug-likeness (QED) is 0.503. The summed E-state index contributed by atoms with van der Waals surface area (Å²) in [4.78, 5) is 11.7. The summed E-state index contributed by atoms with van der Waals surface area (Å²) < 4.78 is 0. The van der Waals surface area contributed by atoms with Crippen LogP contribution in [-0.2, 0) is 4.79 Å². The van der Waals surface area contributed by atoms with E-state index < -0.39 is 0 Å². The van der Waals surface area contributed by atoms with Crippen molar-refractivity contribution in [2.24, 2.45) is 10.8 Å².